The lowest BCUT2D eigenvalue weighted by atomic mass is 10.2. The largest absolute Gasteiger partial charge is 0.497 e. The van der Waals surface area contributed by atoms with Gasteiger partial charge in [0, 0.05) is 22.3 Å². The smallest absolute Gasteiger partial charge is 0.134 e. The standard InChI is InChI=1S/C16H14ClFN2O/c1-21-14-8-2-11(15(18)10-14)3-9-16(19)20-13-6-4-12(17)5-7-13/h2-10H,1H3,(H2,19,20)/b9-3-. The summed E-state index contributed by atoms with van der Waals surface area (Å²) in [6.07, 6.45) is 3.01. The first-order valence-electron chi connectivity index (χ1n) is 6.21. The minimum absolute atomic E-state index is 0.146. The molecule has 0 radical (unpaired) electrons. The number of halogens is 2. The van der Waals surface area contributed by atoms with Crippen LogP contribution in [0.3, 0.4) is 0 Å². The Morgan fingerprint density at radius 1 is 1.24 bits per heavy atom. The fourth-order valence-electron chi connectivity index (χ4n) is 1.67. The summed E-state index contributed by atoms with van der Waals surface area (Å²) in [7, 11) is 1.48. The third-order valence-electron chi connectivity index (χ3n) is 2.76. The first-order chi connectivity index (χ1) is 10.1. The Balaban J connectivity index is 2.03. The normalized spacial score (nSPS) is 10.6. The lowest BCUT2D eigenvalue weighted by molar-refractivity contribution is 0.411. The van der Waals surface area contributed by atoms with E-state index in [0.29, 0.717) is 16.3 Å². The van der Waals surface area contributed by atoms with Gasteiger partial charge in [0.1, 0.15) is 17.4 Å². The number of benzene rings is 2. The van der Waals surface area contributed by atoms with Crippen molar-refractivity contribution in [1.29, 1.82) is 5.41 Å². The molecule has 2 rings (SSSR count). The van der Waals surface area contributed by atoms with Crippen molar-refractivity contribution in [2.45, 2.75) is 0 Å². The van der Waals surface area contributed by atoms with E-state index in [0.717, 1.165) is 5.69 Å². The molecule has 0 heterocycles. The summed E-state index contributed by atoms with van der Waals surface area (Å²) < 4.78 is 18.7. The van der Waals surface area contributed by atoms with E-state index in [1.807, 2.05) is 0 Å². The van der Waals surface area contributed by atoms with Crippen molar-refractivity contribution in [3.63, 3.8) is 0 Å². The van der Waals surface area contributed by atoms with Gasteiger partial charge in [0.2, 0.25) is 0 Å². The number of rotatable bonds is 4. The molecule has 0 aromatic heterocycles. The van der Waals surface area contributed by atoms with Gasteiger partial charge in [0.25, 0.3) is 0 Å². The molecule has 5 heteroatoms. The predicted molar refractivity (Wildman–Crippen MR) is 84.8 cm³/mol. The number of hydrogen-bond donors (Lipinski definition) is 2. The van der Waals surface area contributed by atoms with Crippen molar-refractivity contribution in [1.82, 2.24) is 0 Å². The molecule has 0 aliphatic rings. The molecule has 0 atom stereocenters. The highest BCUT2D eigenvalue weighted by Gasteiger charge is 2.01. The molecule has 0 bridgehead atoms. The van der Waals surface area contributed by atoms with Gasteiger partial charge in [-0.05, 0) is 48.6 Å². The number of nitrogens with one attached hydrogen (secondary N) is 2. The summed E-state index contributed by atoms with van der Waals surface area (Å²) in [4.78, 5) is 0. The molecule has 0 aliphatic heterocycles. The third-order valence-corrected chi connectivity index (χ3v) is 3.01. The topological polar surface area (TPSA) is 45.1 Å². The second kappa shape index (κ2) is 6.90. The van der Waals surface area contributed by atoms with Gasteiger partial charge in [-0.1, -0.05) is 11.6 Å². The van der Waals surface area contributed by atoms with Gasteiger partial charge in [0.15, 0.2) is 0 Å². The van der Waals surface area contributed by atoms with Crippen LogP contribution in [0.1, 0.15) is 5.56 Å². The zero-order chi connectivity index (χ0) is 15.2. The van der Waals surface area contributed by atoms with Gasteiger partial charge >= 0.3 is 0 Å². The number of methoxy groups -OCH3 is 1. The zero-order valence-corrected chi connectivity index (χ0v) is 12.1. The molecular formula is C16H14ClFN2O. The molecule has 0 unspecified atom stereocenters. The molecule has 108 valence electrons. The second-order valence-electron chi connectivity index (χ2n) is 4.27. The van der Waals surface area contributed by atoms with Crippen LogP contribution in [0.15, 0.2) is 48.5 Å². The Morgan fingerprint density at radius 3 is 2.57 bits per heavy atom. The SMILES string of the molecule is COc1ccc(/C=C\C(=N)Nc2ccc(Cl)cc2)c(F)c1. The van der Waals surface area contributed by atoms with Crippen LogP contribution in [-0.4, -0.2) is 12.9 Å². The highest BCUT2D eigenvalue weighted by molar-refractivity contribution is 6.30. The van der Waals surface area contributed by atoms with Crippen LogP contribution in [-0.2, 0) is 0 Å². The van der Waals surface area contributed by atoms with Crippen molar-refractivity contribution < 1.29 is 9.13 Å². The van der Waals surface area contributed by atoms with Gasteiger partial charge in [-0.15, -0.1) is 0 Å². The second-order valence-corrected chi connectivity index (χ2v) is 4.70. The highest BCUT2D eigenvalue weighted by Crippen LogP contribution is 2.17. The van der Waals surface area contributed by atoms with E-state index >= 15 is 0 Å². The van der Waals surface area contributed by atoms with E-state index in [9.17, 15) is 4.39 Å². The molecule has 0 spiro atoms. The fraction of sp³-hybridized carbons (Fsp3) is 0.0625. The maximum absolute atomic E-state index is 13.7. The molecule has 2 aromatic rings. The molecule has 2 N–H and O–H groups in total. The summed E-state index contributed by atoms with van der Waals surface area (Å²) in [6, 6.07) is 11.5. The van der Waals surface area contributed by atoms with E-state index in [1.54, 1.807) is 36.4 Å². The van der Waals surface area contributed by atoms with Crippen molar-refractivity contribution in [2.24, 2.45) is 0 Å². The Kier molecular flexibility index (Phi) is 4.95. The van der Waals surface area contributed by atoms with E-state index in [2.05, 4.69) is 5.32 Å². The molecule has 3 nitrogen and oxygen atoms in total. The first kappa shape index (κ1) is 15.1. The van der Waals surface area contributed by atoms with Crippen molar-refractivity contribution in [2.75, 3.05) is 12.4 Å². The highest BCUT2D eigenvalue weighted by atomic mass is 35.5. The Labute approximate surface area is 127 Å². The van der Waals surface area contributed by atoms with Gasteiger partial charge < -0.3 is 10.1 Å². The van der Waals surface area contributed by atoms with Crippen molar-refractivity contribution in [3.05, 3.63) is 64.9 Å². The van der Waals surface area contributed by atoms with Crippen molar-refractivity contribution in [3.8, 4) is 5.75 Å². The molecule has 0 fully saturated rings. The molecule has 0 aliphatic carbocycles. The minimum atomic E-state index is -0.398. The first-order valence-corrected chi connectivity index (χ1v) is 6.59. The molecule has 0 amide bonds. The number of hydrogen-bond acceptors (Lipinski definition) is 2. The average Bonchev–Trinajstić information content (AvgIpc) is 2.48. The van der Waals surface area contributed by atoms with Gasteiger partial charge in [-0.3, -0.25) is 5.41 Å². The number of anilines is 1. The van der Waals surface area contributed by atoms with Crippen LogP contribution in [0.2, 0.25) is 5.02 Å². The van der Waals surface area contributed by atoms with Crippen LogP contribution in [0, 0.1) is 11.2 Å². The number of ether oxygens (including phenoxy) is 1. The summed E-state index contributed by atoms with van der Waals surface area (Å²) >= 11 is 5.78. The molecule has 0 saturated carbocycles. The van der Waals surface area contributed by atoms with Crippen LogP contribution >= 0.6 is 11.6 Å². The predicted octanol–water partition coefficient (Wildman–Crippen LogP) is 4.59. The summed E-state index contributed by atoms with van der Waals surface area (Å²) in [5.74, 6) is 0.205. The summed E-state index contributed by atoms with van der Waals surface area (Å²) in [5.41, 5.74) is 1.13. The molecule has 0 saturated heterocycles. The molecule has 2 aromatic carbocycles. The lowest BCUT2D eigenvalue weighted by Crippen LogP contribution is -2.06. The Bertz CT molecular complexity index is 668. The average molecular weight is 305 g/mol. The van der Waals surface area contributed by atoms with Crippen LogP contribution in [0.25, 0.3) is 6.08 Å². The summed E-state index contributed by atoms with van der Waals surface area (Å²) in [5, 5.41) is 11.3. The van der Waals surface area contributed by atoms with Crippen LogP contribution < -0.4 is 10.1 Å². The van der Waals surface area contributed by atoms with E-state index < -0.39 is 5.82 Å². The Hall–Kier alpha value is -2.33. The minimum Gasteiger partial charge on any atom is -0.497 e. The molecular weight excluding hydrogens is 291 g/mol. The van der Waals surface area contributed by atoms with Crippen molar-refractivity contribution >= 4 is 29.2 Å². The van der Waals surface area contributed by atoms with Crippen LogP contribution in [0.5, 0.6) is 5.75 Å². The third kappa shape index (κ3) is 4.33. The van der Waals surface area contributed by atoms with Gasteiger partial charge in [-0.25, -0.2) is 4.39 Å². The quantitative estimate of drug-likeness (QED) is 0.641. The maximum atomic E-state index is 13.7. The van der Waals surface area contributed by atoms with E-state index in [-0.39, 0.29) is 5.84 Å². The van der Waals surface area contributed by atoms with Gasteiger partial charge in [0.05, 0.1) is 7.11 Å². The van der Waals surface area contributed by atoms with E-state index in [1.165, 1.54) is 25.3 Å². The summed E-state index contributed by atoms with van der Waals surface area (Å²) in [6.45, 7) is 0. The van der Waals surface area contributed by atoms with E-state index in [4.69, 9.17) is 21.7 Å². The van der Waals surface area contributed by atoms with Crippen LogP contribution in [0.4, 0.5) is 10.1 Å². The number of amidine groups is 1. The maximum Gasteiger partial charge on any atom is 0.134 e. The van der Waals surface area contributed by atoms with Gasteiger partial charge in [-0.2, -0.15) is 0 Å². The molecule has 21 heavy (non-hydrogen) atoms. The Morgan fingerprint density at radius 2 is 1.95 bits per heavy atom. The fourth-order valence-corrected chi connectivity index (χ4v) is 1.80. The lowest BCUT2D eigenvalue weighted by Gasteiger charge is -2.05. The monoisotopic (exact) mass is 304 g/mol. The zero-order valence-electron chi connectivity index (χ0n) is 11.4.